The Morgan fingerprint density at radius 3 is 3.00 bits per heavy atom. The third-order valence-electron chi connectivity index (χ3n) is 4.05. The van der Waals surface area contributed by atoms with Crippen molar-refractivity contribution in [2.24, 2.45) is 4.99 Å². The Labute approximate surface area is 123 Å². The first kappa shape index (κ1) is 13.4. The van der Waals surface area contributed by atoms with Crippen molar-refractivity contribution in [1.29, 1.82) is 0 Å². The number of nitrogens with one attached hydrogen (secondary N) is 1. The van der Waals surface area contributed by atoms with E-state index in [9.17, 15) is 0 Å². The molecule has 1 N–H and O–H groups in total. The van der Waals surface area contributed by atoms with Gasteiger partial charge in [0.25, 0.3) is 0 Å². The molecule has 5 heteroatoms. The molecule has 1 unspecified atom stereocenters. The van der Waals surface area contributed by atoms with Gasteiger partial charge in [-0.2, -0.15) is 0 Å². The molecule has 2 heterocycles. The molecular weight excluding hydrogens is 274 g/mol. The number of hydrogen-bond acceptors (Lipinski definition) is 4. The van der Waals surface area contributed by atoms with Gasteiger partial charge in [-0.05, 0) is 12.8 Å². The number of hydrogen-bond donors (Lipinski definition) is 1. The van der Waals surface area contributed by atoms with Crippen LogP contribution in [0.1, 0.15) is 50.0 Å². The largest absolute Gasteiger partial charge is 0.359 e. The number of thioether (sulfide) groups is 1. The average molecular weight is 295 g/mol. The molecule has 0 radical (unpaired) electrons. The van der Waals surface area contributed by atoms with Gasteiger partial charge in [0.2, 0.25) is 0 Å². The van der Waals surface area contributed by atoms with Gasteiger partial charge in [-0.3, -0.25) is 4.99 Å². The molecule has 2 aliphatic rings. The monoisotopic (exact) mass is 295 g/mol. The van der Waals surface area contributed by atoms with Crippen LogP contribution in [0.25, 0.3) is 0 Å². The van der Waals surface area contributed by atoms with E-state index in [4.69, 9.17) is 4.99 Å². The fourth-order valence-electron chi connectivity index (χ4n) is 2.86. The summed E-state index contributed by atoms with van der Waals surface area (Å²) in [6, 6.07) is 0. The molecule has 1 saturated heterocycles. The zero-order chi connectivity index (χ0) is 13.1. The molecule has 1 aromatic heterocycles. The third kappa shape index (κ3) is 3.14. The van der Waals surface area contributed by atoms with E-state index in [0.29, 0.717) is 11.5 Å². The van der Waals surface area contributed by atoms with Crippen molar-refractivity contribution >= 4 is 28.3 Å². The van der Waals surface area contributed by atoms with Gasteiger partial charge >= 0.3 is 0 Å². The first-order chi connectivity index (χ1) is 9.27. The Morgan fingerprint density at radius 1 is 1.42 bits per heavy atom. The minimum Gasteiger partial charge on any atom is -0.359 e. The normalized spacial score (nSPS) is 25.6. The second-order valence-electron chi connectivity index (χ2n) is 5.67. The highest BCUT2D eigenvalue weighted by atomic mass is 32.2. The third-order valence-corrected chi connectivity index (χ3v) is 6.26. The van der Waals surface area contributed by atoms with E-state index < -0.39 is 0 Å². The molecule has 1 spiro atoms. The zero-order valence-electron chi connectivity index (χ0n) is 11.4. The summed E-state index contributed by atoms with van der Waals surface area (Å²) in [6.07, 6.45) is 8.67. The van der Waals surface area contributed by atoms with Gasteiger partial charge in [0, 0.05) is 28.8 Å². The molecule has 104 valence electrons. The van der Waals surface area contributed by atoms with Crippen LogP contribution in [-0.2, 0) is 0 Å². The Kier molecular flexibility index (Phi) is 4.12. The average Bonchev–Trinajstić information content (AvgIpc) is 3.08. The van der Waals surface area contributed by atoms with Crippen LogP contribution in [0.15, 0.2) is 16.6 Å². The standard InChI is InChI=1S/C14H21N3S2/c1-11(12-15-7-8-18-12)9-16-13-17-14(10-19-13)5-3-2-4-6-14/h7-8,11H,2-6,9-10H2,1H3,(H,16,17). The molecule has 0 aromatic carbocycles. The lowest BCUT2D eigenvalue weighted by atomic mass is 9.83. The van der Waals surface area contributed by atoms with Gasteiger partial charge in [0.05, 0.1) is 11.6 Å². The lowest BCUT2D eigenvalue weighted by Crippen LogP contribution is -2.45. The van der Waals surface area contributed by atoms with Crippen LogP contribution >= 0.6 is 23.1 Å². The lowest BCUT2D eigenvalue weighted by Gasteiger charge is -2.32. The second kappa shape index (κ2) is 5.83. The summed E-state index contributed by atoms with van der Waals surface area (Å²) in [5.41, 5.74) is 0.367. The van der Waals surface area contributed by atoms with Gasteiger partial charge in [0.15, 0.2) is 5.17 Å². The summed E-state index contributed by atoms with van der Waals surface area (Å²) in [4.78, 5) is 9.13. The van der Waals surface area contributed by atoms with Gasteiger partial charge < -0.3 is 5.32 Å². The topological polar surface area (TPSA) is 37.3 Å². The Hall–Kier alpha value is -0.550. The molecule has 1 atom stereocenters. The lowest BCUT2D eigenvalue weighted by molar-refractivity contribution is 0.303. The quantitative estimate of drug-likeness (QED) is 0.925. The van der Waals surface area contributed by atoms with Gasteiger partial charge in [0.1, 0.15) is 0 Å². The van der Waals surface area contributed by atoms with Crippen molar-refractivity contribution in [2.45, 2.75) is 50.5 Å². The first-order valence-corrected chi connectivity index (χ1v) is 8.99. The summed E-state index contributed by atoms with van der Waals surface area (Å²) in [5.74, 6) is 1.63. The highest BCUT2D eigenvalue weighted by Gasteiger charge is 2.37. The number of amidine groups is 1. The summed E-state index contributed by atoms with van der Waals surface area (Å²) >= 11 is 3.64. The number of thiazole rings is 1. The maximum atomic E-state index is 4.76. The molecular formula is C14H21N3S2. The van der Waals surface area contributed by atoms with E-state index in [0.717, 1.165) is 11.7 Å². The minimum absolute atomic E-state index is 0.367. The van der Waals surface area contributed by atoms with Crippen LogP contribution in [-0.4, -0.2) is 28.0 Å². The van der Waals surface area contributed by atoms with Gasteiger partial charge in [-0.25, -0.2) is 4.98 Å². The van der Waals surface area contributed by atoms with Crippen LogP contribution in [0.5, 0.6) is 0 Å². The molecule has 0 amide bonds. The highest BCUT2D eigenvalue weighted by molar-refractivity contribution is 8.14. The predicted octanol–water partition coefficient (Wildman–Crippen LogP) is 3.64. The number of aromatic nitrogens is 1. The van der Waals surface area contributed by atoms with Crippen LogP contribution in [0.2, 0.25) is 0 Å². The zero-order valence-corrected chi connectivity index (χ0v) is 13.0. The van der Waals surface area contributed by atoms with Crippen molar-refractivity contribution in [3.8, 4) is 0 Å². The number of rotatable bonds is 3. The minimum atomic E-state index is 0.367. The molecule has 1 aliphatic carbocycles. The summed E-state index contributed by atoms with van der Waals surface area (Å²) < 4.78 is 0. The SMILES string of the molecule is CC(CN=C1NC2(CCCCC2)CS1)c1nccs1. The predicted molar refractivity (Wildman–Crippen MR) is 84.2 cm³/mol. The molecule has 1 saturated carbocycles. The van der Waals surface area contributed by atoms with E-state index in [-0.39, 0.29) is 0 Å². The van der Waals surface area contributed by atoms with Crippen molar-refractivity contribution in [1.82, 2.24) is 10.3 Å². The molecule has 3 rings (SSSR count). The van der Waals surface area contributed by atoms with Crippen molar-refractivity contribution in [3.05, 3.63) is 16.6 Å². The van der Waals surface area contributed by atoms with Crippen LogP contribution in [0.3, 0.4) is 0 Å². The van der Waals surface area contributed by atoms with Crippen LogP contribution in [0.4, 0.5) is 0 Å². The molecule has 19 heavy (non-hydrogen) atoms. The second-order valence-corrected chi connectivity index (χ2v) is 7.56. The van der Waals surface area contributed by atoms with E-state index in [1.165, 1.54) is 42.9 Å². The molecule has 3 nitrogen and oxygen atoms in total. The molecule has 1 aliphatic heterocycles. The van der Waals surface area contributed by atoms with Gasteiger partial charge in [-0.1, -0.05) is 37.9 Å². The van der Waals surface area contributed by atoms with Crippen LogP contribution < -0.4 is 5.32 Å². The summed E-state index contributed by atoms with van der Waals surface area (Å²) in [7, 11) is 0. The van der Waals surface area contributed by atoms with Crippen molar-refractivity contribution < 1.29 is 0 Å². The van der Waals surface area contributed by atoms with E-state index in [1.807, 2.05) is 23.3 Å². The number of aliphatic imine (C=N–C) groups is 1. The summed E-state index contributed by atoms with van der Waals surface area (Å²) in [5, 5.41) is 8.10. The number of nitrogens with zero attached hydrogens (tertiary/aromatic N) is 2. The van der Waals surface area contributed by atoms with Crippen molar-refractivity contribution in [2.75, 3.05) is 12.3 Å². The van der Waals surface area contributed by atoms with E-state index in [2.05, 4.69) is 17.2 Å². The smallest absolute Gasteiger partial charge is 0.157 e. The Balaban J connectivity index is 1.57. The van der Waals surface area contributed by atoms with E-state index >= 15 is 0 Å². The Bertz CT molecular complexity index is 436. The fraction of sp³-hybridized carbons (Fsp3) is 0.714. The highest BCUT2D eigenvalue weighted by Crippen LogP contribution is 2.36. The summed E-state index contributed by atoms with van der Waals surface area (Å²) in [6.45, 7) is 3.05. The maximum absolute atomic E-state index is 4.76. The molecule has 0 bridgehead atoms. The Morgan fingerprint density at radius 2 is 2.26 bits per heavy atom. The first-order valence-electron chi connectivity index (χ1n) is 7.12. The molecule has 1 aromatic rings. The van der Waals surface area contributed by atoms with Crippen molar-refractivity contribution in [3.63, 3.8) is 0 Å². The van der Waals surface area contributed by atoms with Crippen LogP contribution in [0, 0.1) is 0 Å². The maximum Gasteiger partial charge on any atom is 0.157 e. The fourth-order valence-corrected chi connectivity index (χ4v) is 4.78. The molecule has 2 fully saturated rings. The van der Waals surface area contributed by atoms with E-state index in [1.54, 1.807) is 11.3 Å². The van der Waals surface area contributed by atoms with Gasteiger partial charge in [-0.15, -0.1) is 11.3 Å².